The Balaban J connectivity index is 1.67. The molecule has 2 aromatic carbocycles. The molecule has 134 valence electrons. The smallest absolute Gasteiger partial charge is 0.254 e. The molecule has 0 bridgehead atoms. The van der Waals surface area contributed by atoms with E-state index in [1.807, 2.05) is 24.3 Å². The minimum atomic E-state index is -0.654. The van der Waals surface area contributed by atoms with E-state index in [0.29, 0.717) is 24.5 Å². The van der Waals surface area contributed by atoms with Gasteiger partial charge in [-0.15, -0.1) is 0 Å². The number of rotatable bonds is 6. The van der Waals surface area contributed by atoms with Crippen molar-refractivity contribution in [3.8, 4) is 5.75 Å². The summed E-state index contributed by atoms with van der Waals surface area (Å²) in [5.74, 6) is 0.215. The van der Waals surface area contributed by atoms with Crippen LogP contribution in [-0.4, -0.2) is 30.7 Å². The quantitative estimate of drug-likeness (QED) is 0.811. The third-order valence-corrected chi connectivity index (χ3v) is 4.24. The molecule has 26 heavy (non-hydrogen) atoms. The minimum absolute atomic E-state index is 0.000154. The van der Waals surface area contributed by atoms with E-state index in [2.05, 4.69) is 5.32 Å². The molecule has 6 heteroatoms. The van der Waals surface area contributed by atoms with Crippen LogP contribution in [0.3, 0.4) is 0 Å². The number of nitrogens with one attached hydrogen (secondary N) is 1. The van der Waals surface area contributed by atoms with Crippen molar-refractivity contribution in [3.05, 3.63) is 59.7 Å². The second kappa shape index (κ2) is 7.39. The molecule has 6 nitrogen and oxygen atoms in total. The van der Waals surface area contributed by atoms with Gasteiger partial charge in [0.2, 0.25) is 5.91 Å². The molecule has 1 aliphatic heterocycles. The predicted molar refractivity (Wildman–Crippen MR) is 97.3 cm³/mol. The van der Waals surface area contributed by atoms with E-state index >= 15 is 0 Å². The van der Waals surface area contributed by atoms with Crippen molar-refractivity contribution < 1.29 is 19.1 Å². The van der Waals surface area contributed by atoms with E-state index < -0.39 is 6.04 Å². The van der Waals surface area contributed by atoms with Gasteiger partial charge in [0, 0.05) is 23.7 Å². The summed E-state index contributed by atoms with van der Waals surface area (Å²) < 4.78 is 5.69. The molecule has 1 aliphatic rings. The van der Waals surface area contributed by atoms with Crippen LogP contribution in [0.15, 0.2) is 48.5 Å². The summed E-state index contributed by atoms with van der Waals surface area (Å²) in [4.78, 5) is 37.0. The van der Waals surface area contributed by atoms with E-state index in [9.17, 15) is 14.4 Å². The van der Waals surface area contributed by atoms with Crippen LogP contribution in [0, 0.1) is 0 Å². The fraction of sp³-hybridized carbons (Fsp3) is 0.250. The maximum atomic E-state index is 12.7. The van der Waals surface area contributed by atoms with E-state index in [1.54, 1.807) is 29.2 Å². The Hall–Kier alpha value is -3.15. The number of ether oxygens (including phenoxy) is 1. The number of ketones is 1. The third kappa shape index (κ3) is 3.59. The van der Waals surface area contributed by atoms with Crippen molar-refractivity contribution in [2.45, 2.75) is 19.9 Å². The average Bonchev–Trinajstić information content (AvgIpc) is 2.87. The highest BCUT2D eigenvalue weighted by atomic mass is 16.5. The van der Waals surface area contributed by atoms with Gasteiger partial charge in [0.05, 0.1) is 6.54 Å². The van der Waals surface area contributed by atoms with Crippen molar-refractivity contribution >= 4 is 23.3 Å². The highest BCUT2D eigenvalue weighted by Gasteiger charge is 2.37. The summed E-state index contributed by atoms with van der Waals surface area (Å²) in [5.41, 5.74) is 2.20. The van der Waals surface area contributed by atoms with Gasteiger partial charge in [-0.05, 0) is 37.3 Å². The summed E-state index contributed by atoms with van der Waals surface area (Å²) in [6, 6.07) is 13.6. The topological polar surface area (TPSA) is 75.7 Å². The monoisotopic (exact) mass is 352 g/mol. The number of anilines is 1. The molecule has 3 rings (SSSR count). The number of para-hydroxylation sites is 1. The van der Waals surface area contributed by atoms with Gasteiger partial charge in [0.25, 0.3) is 5.91 Å². The molecule has 2 amide bonds. The lowest BCUT2D eigenvalue weighted by Crippen LogP contribution is -2.38. The predicted octanol–water partition coefficient (Wildman–Crippen LogP) is 2.49. The lowest BCUT2D eigenvalue weighted by atomic mass is 10.1. The zero-order valence-corrected chi connectivity index (χ0v) is 14.7. The van der Waals surface area contributed by atoms with Crippen LogP contribution in [-0.2, 0) is 9.59 Å². The Bertz CT molecular complexity index is 845. The lowest BCUT2D eigenvalue weighted by Gasteiger charge is -2.18. The largest absolute Gasteiger partial charge is 0.492 e. The number of amides is 2. The van der Waals surface area contributed by atoms with Gasteiger partial charge in [-0.2, -0.15) is 0 Å². The van der Waals surface area contributed by atoms with Gasteiger partial charge in [0.15, 0.2) is 5.78 Å². The first-order chi connectivity index (χ1) is 12.5. The number of benzene rings is 2. The van der Waals surface area contributed by atoms with Gasteiger partial charge >= 0.3 is 0 Å². The second-order valence-corrected chi connectivity index (χ2v) is 6.11. The number of Topliss-reactive ketones (excluding diaryl/α,β-unsaturated/α-hetero) is 1. The molecule has 0 saturated carbocycles. The van der Waals surface area contributed by atoms with Gasteiger partial charge in [0.1, 0.15) is 18.4 Å². The van der Waals surface area contributed by atoms with Crippen molar-refractivity contribution in [1.29, 1.82) is 0 Å². The number of hydrogen-bond donors (Lipinski definition) is 1. The molecule has 1 heterocycles. The molecule has 0 unspecified atom stereocenters. The van der Waals surface area contributed by atoms with Crippen molar-refractivity contribution in [2.75, 3.05) is 18.1 Å². The zero-order valence-electron chi connectivity index (χ0n) is 14.7. The molecule has 2 aromatic rings. The van der Waals surface area contributed by atoms with Crippen LogP contribution in [0.4, 0.5) is 5.69 Å². The summed E-state index contributed by atoms with van der Waals surface area (Å²) in [5, 5.41) is 2.70. The standard InChI is InChI=1S/C20H20N2O4/c1-13(23)15-7-9-16(10-8-15)26-12-11-22-18-6-4-3-5-17(18)19(20(22)25)21-14(2)24/h3-10,19H,11-12H2,1-2H3,(H,21,24)/t19-/m0/s1. The summed E-state index contributed by atoms with van der Waals surface area (Å²) in [6.07, 6.45) is 0. The number of nitrogens with zero attached hydrogens (tertiary/aromatic N) is 1. The Labute approximate surface area is 151 Å². The van der Waals surface area contributed by atoms with E-state index in [-0.39, 0.29) is 17.6 Å². The molecule has 0 saturated heterocycles. The molecule has 0 fully saturated rings. The summed E-state index contributed by atoms with van der Waals surface area (Å²) in [7, 11) is 0. The van der Waals surface area contributed by atoms with E-state index in [1.165, 1.54) is 13.8 Å². The Kier molecular flexibility index (Phi) is 5.02. The molecule has 0 aliphatic carbocycles. The molecule has 1 N–H and O–H groups in total. The Morgan fingerprint density at radius 3 is 2.42 bits per heavy atom. The van der Waals surface area contributed by atoms with Crippen LogP contribution >= 0.6 is 0 Å². The Morgan fingerprint density at radius 2 is 1.77 bits per heavy atom. The summed E-state index contributed by atoms with van der Waals surface area (Å²) >= 11 is 0. The second-order valence-electron chi connectivity index (χ2n) is 6.11. The first kappa shape index (κ1) is 17.7. The van der Waals surface area contributed by atoms with Crippen LogP contribution in [0.2, 0.25) is 0 Å². The van der Waals surface area contributed by atoms with Gasteiger partial charge in [-0.1, -0.05) is 18.2 Å². The highest BCUT2D eigenvalue weighted by molar-refractivity contribution is 6.06. The first-order valence-corrected chi connectivity index (χ1v) is 8.38. The van der Waals surface area contributed by atoms with Crippen molar-refractivity contribution in [1.82, 2.24) is 5.32 Å². The van der Waals surface area contributed by atoms with Gasteiger partial charge in [-0.25, -0.2) is 0 Å². The zero-order chi connectivity index (χ0) is 18.7. The maximum Gasteiger partial charge on any atom is 0.254 e. The molecule has 0 aromatic heterocycles. The maximum absolute atomic E-state index is 12.7. The summed E-state index contributed by atoms with van der Waals surface area (Å²) in [6.45, 7) is 3.57. The van der Waals surface area contributed by atoms with Crippen LogP contribution in [0.25, 0.3) is 0 Å². The van der Waals surface area contributed by atoms with Gasteiger partial charge < -0.3 is 15.0 Å². The van der Waals surface area contributed by atoms with Crippen molar-refractivity contribution in [2.24, 2.45) is 0 Å². The van der Waals surface area contributed by atoms with Crippen LogP contribution in [0.1, 0.15) is 35.8 Å². The third-order valence-electron chi connectivity index (χ3n) is 4.24. The molecular weight excluding hydrogens is 332 g/mol. The number of carbonyl (C=O) groups excluding carboxylic acids is 3. The lowest BCUT2D eigenvalue weighted by molar-refractivity contribution is -0.126. The Morgan fingerprint density at radius 1 is 1.08 bits per heavy atom. The fourth-order valence-electron chi connectivity index (χ4n) is 3.00. The minimum Gasteiger partial charge on any atom is -0.492 e. The average molecular weight is 352 g/mol. The van der Waals surface area contributed by atoms with Gasteiger partial charge in [-0.3, -0.25) is 14.4 Å². The van der Waals surface area contributed by atoms with E-state index in [4.69, 9.17) is 4.74 Å². The number of hydrogen-bond acceptors (Lipinski definition) is 4. The van der Waals surface area contributed by atoms with Crippen molar-refractivity contribution in [3.63, 3.8) is 0 Å². The molecule has 0 spiro atoms. The SMILES string of the molecule is CC(=O)N[C@@H]1C(=O)N(CCOc2ccc(C(C)=O)cc2)c2ccccc21. The van der Waals surface area contributed by atoms with Crippen LogP contribution in [0.5, 0.6) is 5.75 Å². The number of fused-ring (bicyclic) bond motifs is 1. The van der Waals surface area contributed by atoms with Crippen LogP contribution < -0.4 is 15.0 Å². The fourth-order valence-corrected chi connectivity index (χ4v) is 3.00. The first-order valence-electron chi connectivity index (χ1n) is 8.38. The number of carbonyl (C=O) groups is 3. The molecular formula is C20H20N2O4. The molecule has 0 radical (unpaired) electrons. The molecule has 1 atom stereocenters. The normalized spacial score (nSPS) is 15.5. The van der Waals surface area contributed by atoms with E-state index in [0.717, 1.165) is 11.3 Å². The highest BCUT2D eigenvalue weighted by Crippen LogP contribution is 2.35.